The quantitative estimate of drug-likeness (QED) is 0.394. The van der Waals surface area contributed by atoms with Crippen molar-refractivity contribution in [3.8, 4) is 0 Å². The summed E-state index contributed by atoms with van der Waals surface area (Å²) in [6.07, 6.45) is 4.47. The van der Waals surface area contributed by atoms with E-state index in [0.29, 0.717) is 24.7 Å². The monoisotopic (exact) mass is 250 g/mol. The highest BCUT2D eigenvalue weighted by molar-refractivity contribution is 7.91. The molecule has 0 aromatic rings. The molecule has 3 nitrogen and oxygen atoms in total. The molecule has 0 aromatic heterocycles. The lowest BCUT2D eigenvalue weighted by atomic mass is 10.4. The predicted octanol–water partition coefficient (Wildman–Crippen LogP) is 2.37. The zero-order valence-corrected chi connectivity index (χ0v) is 11.5. The van der Waals surface area contributed by atoms with Crippen molar-refractivity contribution in [3.63, 3.8) is 0 Å². The largest absolute Gasteiger partial charge is 0.616 e. The Labute approximate surface area is 103 Å². The number of hydrogen-bond acceptors (Lipinski definition) is 3. The highest BCUT2D eigenvalue weighted by Gasteiger charge is 2.05. The third kappa shape index (κ3) is 12.3. The number of unbranched alkanes of at least 4 members (excludes halogenated alkanes) is 2. The van der Waals surface area contributed by atoms with E-state index in [-0.39, 0.29) is 0 Å². The molecule has 0 fully saturated rings. The van der Waals surface area contributed by atoms with E-state index in [1.54, 1.807) is 0 Å². The van der Waals surface area contributed by atoms with Crippen molar-refractivity contribution in [2.75, 3.05) is 37.9 Å². The van der Waals surface area contributed by atoms with E-state index >= 15 is 0 Å². The SMILES string of the molecule is CCCCOCC[S+]([O-])CCOCCCC. The Kier molecular flexibility index (Phi) is 13.5. The highest BCUT2D eigenvalue weighted by Crippen LogP contribution is 1.95. The second-order valence-corrected chi connectivity index (χ2v) is 5.48. The third-order valence-corrected chi connectivity index (χ3v) is 3.44. The molecule has 98 valence electrons. The fourth-order valence-corrected chi connectivity index (χ4v) is 1.91. The van der Waals surface area contributed by atoms with Crippen LogP contribution in [0.3, 0.4) is 0 Å². The van der Waals surface area contributed by atoms with Crippen molar-refractivity contribution < 1.29 is 14.0 Å². The normalized spacial score (nSPS) is 11.2. The molecule has 0 atom stereocenters. The van der Waals surface area contributed by atoms with Crippen molar-refractivity contribution in [1.29, 1.82) is 0 Å². The van der Waals surface area contributed by atoms with Gasteiger partial charge in [0.25, 0.3) is 0 Å². The lowest BCUT2D eigenvalue weighted by Gasteiger charge is -2.11. The lowest BCUT2D eigenvalue weighted by molar-refractivity contribution is 0.142. The molecule has 0 rings (SSSR count). The summed E-state index contributed by atoms with van der Waals surface area (Å²) in [6, 6.07) is 0. The molecular weight excluding hydrogens is 224 g/mol. The molecule has 0 amide bonds. The first-order chi connectivity index (χ1) is 7.81. The zero-order valence-electron chi connectivity index (χ0n) is 10.7. The van der Waals surface area contributed by atoms with E-state index in [0.717, 1.165) is 38.9 Å². The Hall–Kier alpha value is 0.230. The van der Waals surface area contributed by atoms with Crippen molar-refractivity contribution >= 4 is 11.2 Å². The molecular formula is C12H26O3S. The first kappa shape index (κ1) is 16.2. The van der Waals surface area contributed by atoms with Crippen LogP contribution in [-0.2, 0) is 20.6 Å². The highest BCUT2D eigenvalue weighted by atomic mass is 32.2. The standard InChI is InChI=1S/C12H26O3S/c1-3-5-7-14-9-11-16(13)12-10-15-8-6-4-2/h3-12H2,1-2H3. The Morgan fingerprint density at radius 3 is 1.62 bits per heavy atom. The molecule has 0 N–H and O–H groups in total. The fourth-order valence-electron chi connectivity index (χ4n) is 1.10. The van der Waals surface area contributed by atoms with E-state index in [9.17, 15) is 4.55 Å². The van der Waals surface area contributed by atoms with Crippen LogP contribution < -0.4 is 0 Å². The molecule has 0 aromatic carbocycles. The summed E-state index contributed by atoms with van der Waals surface area (Å²) in [4.78, 5) is 0. The summed E-state index contributed by atoms with van der Waals surface area (Å²) in [7, 11) is 0. The summed E-state index contributed by atoms with van der Waals surface area (Å²) < 4.78 is 22.2. The average molecular weight is 250 g/mol. The van der Waals surface area contributed by atoms with Crippen LogP contribution in [0.4, 0.5) is 0 Å². The number of ether oxygens (including phenoxy) is 2. The van der Waals surface area contributed by atoms with Crippen molar-refractivity contribution in [2.45, 2.75) is 39.5 Å². The van der Waals surface area contributed by atoms with Gasteiger partial charge in [0.15, 0.2) is 0 Å². The molecule has 0 heterocycles. The van der Waals surface area contributed by atoms with Crippen LogP contribution in [-0.4, -0.2) is 42.5 Å². The van der Waals surface area contributed by atoms with E-state index < -0.39 is 11.2 Å². The molecule has 0 bridgehead atoms. The van der Waals surface area contributed by atoms with Crippen LogP contribution >= 0.6 is 0 Å². The lowest BCUT2D eigenvalue weighted by Crippen LogP contribution is -2.19. The minimum Gasteiger partial charge on any atom is -0.616 e. The van der Waals surface area contributed by atoms with Crippen molar-refractivity contribution in [3.05, 3.63) is 0 Å². The molecule has 0 unspecified atom stereocenters. The van der Waals surface area contributed by atoms with Crippen LogP contribution in [0, 0.1) is 0 Å². The maximum Gasteiger partial charge on any atom is 0.128 e. The Morgan fingerprint density at radius 2 is 1.25 bits per heavy atom. The number of rotatable bonds is 12. The van der Waals surface area contributed by atoms with E-state index in [1.165, 1.54) is 0 Å². The topological polar surface area (TPSA) is 41.5 Å². The van der Waals surface area contributed by atoms with E-state index in [2.05, 4.69) is 13.8 Å². The van der Waals surface area contributed by atoms with Gasteiger partial charge in [0.05, 0.1) is 13.2 Å². The minimum absolute atomic E-state index is 0.613. The average Bonchev–Trinajstić information content (AvgIpc) is 2.28. The van der Waals surface area contributed by atoms with Gasteiger partial charge in [-0.3, -0.25) is 0 Å². The number of hydrogen-bond donors (Lipinski definition) is 0. The molecule has 0 saturated carbocycles. The third-order valence-electron chi connectivity index (χ3n) is 2.20. The van der Waals surface area contributed by atoms with Gasteiger partial charge in [0, 0.05) is 13.2 Å². The molecule has 0 aliphatic heterocycles. The van der Waals surface area contributed by atoms with Gasteiger partial charge in [-0.25, -0.2) is 0 Å². The van der Waals surface area contributed by atoms with Gasteiger partial charge in [-0.05, 0) is 24.0 Å². The molecule has 4 heteroatoms. The van der Waals surface area contributed by atoms with Crippen molar-refractivity contribution in [2.24, 2.45) is 0 Å². The van der Waals surface area contributed by atoms with Gasteiger partial charge in [-0.15, -0.1) is 0 Å². The van der Waals surface area contributed by atoms with Gasteiger partial charge >= 0.3 is 0 Å². The van der Waals surface area contributed by atoms with Crippen LogP contribution in [0.25, 0.3) is 0 Å². The van der Waals surface area contributed by atoms with Crippen LogP contribution in [0.2, 0.25) is 0 Å². The Bertz CT molecular complexity index is 119. The van der Waals surface area contributed by atoms with Crippen molar-refractivity contribution in [1.82, 2.24) is 0 Å². The predicted molar refractivity (Wildman–Crippen MR) is 69.3 cm³/mol. The molecule has 16 heavy (non-hydrogen) atoms. The maximum atomic E-state index is 11.5. The second-order valence-electron chi connectivity index (χ2n) is 3.78. The van der Waals surface area contributed by atoms with Gasteiger partial charge in [0.2, 0.25) is 0 Å². The maximum absolute atomic E-state index is 11.5. The summed E-state index contributed by atoms with van der Waals surface area (Å²) in [5.41, 5.74) is 0. The second kappa shape index (κ2) is 13.3. The molecule has 0 aliphatic rings. The fraction of sp³-hybridized carbons (Fsp3) is 1.00. The Morgan fingerprint density at radius 1 is 0.812 bits per heavy atom. The zero-order chi connectivity index (χ0) is 12.1. The van der Waals surface area contributed by atoms with E-state index in [4.69, 9.17) is 9.47 Å². The summed E-state index contributed by atoms with van der Waals surface area (Å²) in [5.74, 6) is 1.28. The minimum atomic E-state index is -0.781. The van der Waals surface area contributed by atoms with Gasteiger partial charge in [-0.2, -0.15) is 0 Å². The first-order valence-corrected chi connectivity index (χ1v) is 7.80. The summed E-state index contributed by atoms with van der Waals surface area (Å²) in [6.45, 7) is 7.08. The Balaban J connectivity index is 3.09. The molecule has 0 radical (unpaired) electrons. The van der Waals surface area contributed by atoms with Crippen LogP contribution in [0.15, 0.2) is 0 Å². The van der Waals surface area contributed by atoms with Crippen LogP contribution in [0.1, 0.15) is 39.5 Å². The molecule has 0 spiro atoms. The summed E-state index contributed by atoms with van der Waals surface area (Å²) >= 11 is -0.781. The molecule has 0 saturated heterocycles. The van der Waals surface area contributed by atoms with Gasteiger partial charge in [0.1, 0.15) is 11.5 Å². The van der Waals surface area contributed by atoms with E-state index in [1.807, 2.05) is 0 Å². The van der Waals surface area contributed by atoms with Crippen LogP contribution in [0.5, 0.6) is 0 Å². The van der Waals surface area contributed by atoms with Gasteiger partial charge < -0.3 is 14.0 Å². The van der Waals surface area contributed by atoms with Gasteiger partial charge in [-0.1, -0.05) is 26.7 Å². The smallest absolute Gasteiger partial charge is 0.128 e. The summed E-state index contributed by atoms with van der Waals surface area (Å²) in [5, 5.41) is 0. The first-order valence-electron chi connectivity index (χ1n) is 6.31. The molecule has 0 aliphatic carbocycles.